The molecule has 1 fully saturated rings. The molecule has 1 amide bonds. The maximum atomic E-state index is 12.3. The maximum absolute atomic E-state index is 12.3. The smallest absolute Gasteiger partial charge is 0.235 e. The standard InChI is InChI=1S/C11H19N5OS/c1-9(18-11-13-12-8-15(11)3)10(17)16-6-4-14(2)5-7-16/h8-9H,4-7H2,1-3H3. The van der Waals surface area contributed by atoms with Crippen LogP contribution in [0.3, 0.4) is 0 Å². The van der Waals surface area contributed by atoms with E-state index in [2.05, 4.69) is 22.1 Å². The van der Waals surface area contributed by atoms with Crippen molar-refractivity contribution in [2.24, 2.45) is 7.05 Å². The molecule has 6 nitrogen and oxygen atoms in total. The van der Waals surface area contributed by atoms with E-state index >= 15 is 0 Å². The number of rotatable bonds is 3. The lowest BCUT2D eigenvalue weighted by molar-refractivity contribution is -0.131. The number of nitrogens with zero attached hydrogens (tertiary/aromatic N) is 5. The van der Waals surface area contributed by atoms with Gasteiger partial charge in [-0.1, -0.05) is 11.8 Å². The average molecular weight is 269 g/mol. The highest BCUT2D eigenvalue weighted by Gasteiger charge is 2.25. The second kappa shape index (κ2) is 5.71. The van der Waals surface area contributed by atoms with Crippen LogP contribution in [0.5, 0.6) is 0 Å². The zero-order valence-corrected chi connectivity index (χ0v) is 11.9. The molecule has 0 aliphatic carbocycles. The van der Waals surface area contributed by atoms with Crippen molar-refractivity contribution in [1.29, 1.82) is 0 Å². The van der Waals surface area contributed by atoms with E-state index in [1.807, 2.05) is 23.4 Å². The van der Waals surface area contributed by atoms with Gasteiger partial charge in [-0.05, 0) is 14.0 Å². The first-order chi connectivity index (χ1) is 8.58. The van der Waals surface area contributed by atoms with Crippen LogP contribution in [0.15, 0.2) is 11.5 Å². The zero-order chi connectivity index (χ0) is 13.1. The number of amides is 1. The van der Waals surface area contributed by atoms with Gasteiger partial charge < -0.3 is 14.4 Å². The van der Waals surface area contributed by atoms with E-state index in [0.717, 1.165) is 31.3 Å². The molecule has 0 bridgehead atoms. The lowest BCUT2D eigenvalue weighted by atomic mass is 10.3. The number of likely N-dealkylation sites (N-methyl/N-ethyl adjacent to an activating group) is 1. The molecule has 0 saturated carbocycles. The van der Waals surface area contributed by atoms with Crippen molar-refractivity contribution in [2.45, 2.75) is 17.3 Å². The van der Waals surface area contributed by atoms with Gasteiger partial charge in [0, 0.05) is 33.2 Å². The molecule has 1 aliphatic heterocycles. The van der Waals surface area contributed by atoms with Crippen LogP contribution < -0.4 is 0 Å². The summed E-state index contributed by atoms with van der Waals surface area (Å²) in [6.07, 6.45) is 1.65. The van der Waals surface area contributed by atoms with Crippen LogP contribution in [0.4, 0.5) is 0 Å². The quantitative estimate of drug-likeness (QED) is 0.727. The summed E-state index contributed by atoms with van der Waals surface area (Å²) >= 11 is 1.46. The van der Waals surface area contributed by atoms with Gasteiger partial charge in [0.15, 0.2) is 5.16 Å². The number of hydrogen-bond acceptors (Lipinski definition) is 5. The molecule has 0 radical (unpaired) electrons. The summed E-state index contributed by atoms with van der Waals surface area (Å²) in [4.78, 5) is 16.5. The Balaban J connectivity index is 1.91. The molecule has 1 saturated heterocycles. The van der Waals surface area contributed by atoms with Gasteiger partial charge in [0.2, 0.25) is 5.91 Å². The summed E-state index contributed by atoms with van der Waals surface area (Å²) in [7, 11) is 3.97. The fraction of sp³-hybridized carbons (Fsp3) is 0.727. The molecule has 1 aromatic rings. The van der Waals surface area contributed by atoms with Gasteiger partial charge in [0.1, 0.15) is 6.33 Å². The Hall–Kier alpha value is -1.08. The second-order valence-corrected chi connectivity index (χ2v) is 5.92. The molecule has 7 heteroatoms. The predicted molar refractivity (Wildman–Crippen MR) is 70.4 cm³/mol. The highest BCUT2D eigenvalue weighted by atomic mass is 32.2. The molecule has 1 atom stereocenters. The minimum Gasteiger partial charge on any atom is -0.339 e. The SMILES string of the molecule is CC(Sc1nncn1C)C(=O)N1CCN(C)CC1. The van der Waals surface area contributed by atoms with Crippen LogP contribution >= 0.6 is 11.8 Å². The molecular weight excluding hydrogens is 250 g/mol. The summed E-state index contributed by atoms with van der Waals surface area (Å²) in [5.74, 6) is 0.191. The molecule has 100 valence electrons. The number of carbonyl (C=O) groups excluding carboxylic acids is 1. The number of piperazine rings is 1. The Kier molecular flexibility index (Phi) is 4.23. The van der Waals surface area contributed by atoms with E-state index in [4.69, 9.17) is 0 Å². The van der Waals surface area contributed by atoms with Gasteiger partial charge in [-0.15, -0.1) is 10.2 Å². The first-order valence-corrected chi connectivity index (χ1v) is 6.94. The fourth-order valence-corrected chi connectivity index (χ4v) is 2.75. The Labute approximate surface area is 111 Å². The van der Waals surface area contributed by atoms with Crippen molar-refractivity contribution >= 4 is 17.7 Å². The molecule has 18 heavy (non-hydrogen) atoms. The summed E-state index contributed by atoms with van der Waals surface area (Å²) in [5, 5.41) is 8.48. The third-order valence-electron chi connectivity index (χ3n) is 3.11. The Morgan fingerprint density at radius 3 is 2.56 bits per heavy atom. The van der Waals surface area contributed by atoms with Crippen molar-refractivity contribution in [1.82, 2.24) is 24.6 Å². The second-order valence-electron chi connectivity index (χ2n) is 4.61. The van der Waals surface area contributed by atoms with Crippen LogP contribution in [0, 0.1) is 0 Å². The van der Waals surface area contributed by atoms with E-state index in [-0.39, 0.29) is 11.2 Å². The van der Waals surface area contributed by atoms with E-state index < -0.39 is 0 Å². The Morgan fingerprint density at radius 2 is 2.00 bits per heavy atom. The topological polar surface area (TPSA) is 54.3 Å². The normalized spacial score (nSPS) is 18.9. The minimum atomic E-state index is -0.115. The van der Waals surface area contributed by atoms with Gasteiger partial charge in [0.05, 0.1) is 5.25 Å². The van der Waals surface area contributed by atoms with E-state index in [9.17, 15) is 4.79 Å². The Morgan fingerprint density at radius 1 is 1.33 bits per heavy atom. The van der Waals surface area contributed by atoms with Crippen molar-refractivity contribution < 1.29 is 4.79 Å². The largest absolute Gasteiger partial charge is 0.339 e. The number of aromatic nitrogens is 3. The molecule has 0 N–H and O–H groups in total. The molecule has 1 aliphatic rings. The molecule has 1 unspecified atom stereocenters. The highest BCUT2D eigenvalue weighted by molar-refractivity contribution is 8.00. The third kappa shape index (κ3) is 3.02. The molecular formula is C11H19N5OS. The van der Waals surface area contributed by atoms with Crippen LogP contribution in [0.1, 0.15) is 6.92 Å². The Bertz CT molecular complexity index is 413. The number of aryl methyl sites for hydroxylation is 1. The number of carbonyl (C=O) groups is 1. The van der Waals surface area contributed by atoms with Crippen molar-refractivity contribution in [2.75, 3.05) is 33.2 Å². The van der Waals surface area contributed by atoms with Crippen molar-refractivity contribution in [3.05, 3.63) is 6.33 Å². The monoisotopic (exact) mass is 269 g/mol. The molecule has 2 heterocycles. The number of hydrogen-bond donors (Lipinski definition) is 0. The first-order valence-electron chi connectivity index (χ1n) is 6.06. The first kappa shape index (κ1) is 13.4. The van der Waals surface area contributed by atoms with Gasteiger partial charge in [-0.3, -0.25) is 4.79 Å². The zero-order valence-electron chi connectivity index (χ0n) is 11.0. The van der Waals surface area contributed by atoms with E-state index in [0.29, 0.717) is 0 Å². The van der Waals surface area contributed by atoms with Crippen LogP contribution in [0.25, 0.3) is 0 Å². The summed E-state index contributed by atoms with van der Waals surface area (Å²) < 4.78 is 1.83. The minimum absolute atomic E-state index is 0.115. The van der Waals surface area contributed by atoms with Crippen LogP contribution in [-0.4, -0.2) is 68.9 Å². The van der Waals surface area contributed by atoms with Crippen LogP contribution in [-0.2, 0) is 11.8 Å². The lowest BCUT2D eigenvalue weighted by Gasteiger charge is -2.33. The summed E-state index contributed by atoms with van der Waals surface area (Å²) in [6, 6.07) is 0. The van der Waals surface area contributed by atoms with Crippen LogP contribution in [0.2, 0.25) is 0 Å². The van der Waals surface area contributed by atoms with E-state index in [1.54, 1.807) is 6.33 Å². The summed E-state index contributed by atoms with van der Waals surface area (Å²) in [5.41, 5.74) is 0. The lowest BCUT2D eigenvalue weighted by Crippen LogP contribution is -2.49. The van der Waals surface area contributed by atoms with Crippen molar-refractivity contribution in [3.8, 4) is 0 Å². The van der Waals surface area contributed by atoms with E-state index in [1.165, 1.54) is 11.8 Å². The molecule has 2 rings (SSSR count). The fourth-order valence-electron chi connectivity index (χ4n) is 1.87. The highest BCUT2D eigenvalue weighted by Crippen LogP contribution is 2.22. The molecule has 0 spiro atoms. The van der Waals surface area contributed by atoms with Gasteiger partial charge in [-0.2, -0.15) is 0 Å². The van der Waals surface area contributed by atoms with Crippen molar-refractivity contribution in [3.63, 3.8) is 0 Å². The predicted octanol–water partition coefficient (Wildman–Crippen LogP) is 0.0697. The van der Waals surface area contributed by atoms with Gasteiger partial charge in [-0.25, -0.2) is 0 Å². The third-order valence-corrected chi connectivity index (χ3v) is 4.25. The maximum Gasteiger partial charge on any atom is 0.235 e. The average Bonchev–Trinajstić information content (AvgIpc) is 2.75. The van der Waals surface area contributed by atoms with Gasteiger partial charge >= 0.3 is 0 Å². The van der Waals surface area contributed by atoms with Gasteiger partial charge in [0.25, 0.3) is 0 Å². The summed E-state index contributed by atoms with van der Waals surface area (Å²) in [6.45, 7) is 5.47. The molecule has 1 aromatic heterocycles. The molecule has 0 aromatic carbocycles. The number of thioether (sulfide) groups is 1.